The first-order chi connectivity index (χ1) is 10.0. The third-order valence-electron chi connectivity index (χ3n) is 3.77. The highest BCUT2D eigenvalue weighted by molar-refractivity contribution is 7.17. The lowest BCUT2D eigenvalue weighted by molar-refractivity contribution is 0.0916. The van der Waals surface area contributed by atoms with Crippen molar-refractivity contribution in [2.24, 2.45) is 5.41 Å². The van der Waals surface area contributed by atoms with Crippen LogP contribution in [-0.2, 0) is 12.8 Å². The molecule has 4 heteroatoms. The molecule has 1 N–H and O–H groups in total. The van der Waals surface area contributed by atoms with Crippen LogP contribution in [0, 0.1) is 5.41 Å². The number of hydrogen-bond donors (Lipinski definition) is 1. The molecule has 0 saturated carbocycles. The molecule has 110 valence electrons. The number of ketones is 1. The van der Waals surface area contributed by atoms with Crippen LogP contribution in [0.5, 0.6) is 0 Å². The molecule has 1 aliphatic rings. The van der Waals surface area contributed by atoms with E-state index in [0.29, 0.717) is 6.42 Å². The summed E-state index contributed by atoms with van der Waals surface area (Å²) in [5.74, 6) is 0.245. The number of Topliss-reactive ketones (excluding diaryl/α,β-unsaturated/α-hetero) is 1. The number of benzene rings is 1. The molecule has 2 aromatic rings. The number of rotatable bonds is 4. The second-order valence-corrected chi connectivity index (χ2v) is 7.40. The maximum absolute atomic E-state index is 12.2. The monoisotopic (exact) mass is 300 g/mol. The van der Waals surface area contributed by atoms with Crippen LogP contribution in [0.4, 0.5) is 5.13 Å². The van der Waals surface area contributed by atoms with Gasteiger partial charge >= 0.3 is 0 Å². The lowest BCUT2D eigenvalue weighted by Gasteiger charge is -2.26. The Bertz CT molecular complexity index is 646. The molecule has 3 nitrogen and oxygen atoms in total. The van der Waals surface area contributed by atoms with Gasteiger partial charge < -0.3 is 5.32 Å². The molecule has 1 aromatic carbocycles. The zero-order valence-corrected chi connectivity index (χ0v) is 13.3. The summed E-state index contributed by atoms with van der Waals surface area (Å²) in [5, 5.41) is 4.23. The Morgan fingerprint density at radius 2 is 2.00 bits per heavy atom. The van der Waals surface area contributed by atoms with Gasteiger partial charge in [0.15, 0.2) is 10.9 Å². The van der Waals surface area contributed by atoms with Crippen molar-refractivity contribution in [2.75, 3.05) is 11.9 Å². The van der Waals surface area contributed by atoms with Gasteiger partial charge in [0.1, 0.15) is 0 Å². The van der Waals surface area contributed by atoms with Gasteiger partial charge in [0, 0.05) is 13.0 Å². The van der Waals surface area contributed by atoms with Crippen molar-refractivity contribution in [3.05, 3.63) is 46.5 Å². The second-order valence-electron chi connectivity index (χ2n) is 6.40. The Kier molecular flexibility index (Phi) is 3.81. The average molecular weight is 300 g/mol. The van der Waals surface area contributed by atoms with E-state index in [9.17, 15) is 4.79 Å². The maximum Gasteiger partial charge on any atom is 0.183 e. The molecule has 0 saturated heterocycles. The van der Waals surface area contributed by atoms with E-state index in [1.807, 2.05) is 6.07 Å². The second kappa shape index (κ2) is 5.60. The summed E-state index contributed by atoms with van der Waals surface area (Å²) >= 11 is 1.51. The molecule has 0 unspecified atom stereocenters. The summed E-state index contributed by atoms with van der Waals surface area (Å²) in [6.07, 6.45) is 2.49. The van der Waals surface area contributed by atoms with Crippen molar-refractivity contribution in [1.29, 1.82) is 0 Å². The molecule has 3 rings (SSSR count). The van der Waals surface area contributed by atoms with E-state index in [1.165, 1.54) is 16.9 Å². The molecule has 0 spiro atoms. The Balaban J connectivity index is 1.64. The molecule has 0 amide bonds. The minimum atomic E-state index is 0.0411. The highest BCUT2D eigenvalue weighted by Gasteiger charge is 2.33. The lowest BCUT2D eigenvalue weighted by atomic mass is 9.78. The Morgan fingerprint density at radius 1 is 1.24 bits per heavy atom. The third-order valence-corrected chi connectivity index (χ3v) is 4.86. The van der Waals surface area contributed by atoms with Crippen molar-refractivity contribution in [3.8, 4) is 0 Å². The van der Waals surface area contributed by atoms with Crippen LogP contribution in [0.2, 0.25) is 0 Å². The Labute approximate surface area is 129 Å². The van der Waals surface area contributed by atoms with Gasteiger partial charge in [0.25, 0.3) is 0 Å². The molecule has 21 heavy (non-hydrogen) atoms. The molecule has 0 fully saturated rings. The van der Waals surface area contributed by atoms with E-state index < -0.39 is 0 Å². The van der Waals surface area contributed by atoms with Gasteiger partial charge in [-0.2, -0.15) is 0 Å². The van der Waals surface area contributed by atoms with Crippen LogP contribution < -0.4 is 5.32 Å². The minimum absolute atomic E-state index is 0.0411. The summed E-state index contributed by atoms with van der Waals surface area (Å²) in [6.45, 7) is 5.11. The number of nitrogens with one attached hydrogen (secondary N) is 1. The molecule has 0 radical (unpaired) electrons. The standard InChI is InChI=1S/C17H20N2OS/c1-17(2)10-13-15(14(20)11-17)21-16(19-13)18-9-8-12-6-4-3-5-7-12/h3-7H,8-11H2,1-2H3,(H,18,19). The number of hydrogen-bond acceptors (Lipinski definition) is 4. The fourth-order valence-corrected chi connectivity index (χ4v) is 3.70. The molecule has 1 aliphatic carbocycles. The number of nitrogens with zero attached hydrogens (tertiary/aromatic N) is 1. The Hall–Kier alpha value is -1.68. The zero-order chi connectivity index (χ0) is 14.9. The van der Waals surface area contributed by atoms with E-state index in [1.54, 1.807) is 0 Å². The highest BCUT2D eigenvalue weighted by atomic mass is 32.1. The fourth-order valence-electron chi connectivity index (χ4n) is 2.75. The molecule has 1 aromatic heterocycles. The normalized spacial score (nSPS) is 16.6. The lowest BCUT2D eigenvalue weighted by Crippen LogP contribution is -2.26. The molecular formula is C17H20N2OS. The predicted molar refractivity (Wildman–Crippen MR) is 87.2 cm³/mol. The van der Waals surface area contributed by atoms with E-state index >= 15 is 0 Å². The predicted octanol–water partition coefficient (Wildman–Crippen LogP) is 3.95. The van der Waals surface area contributed by atoms with E-state index in [0.717, 1.165) is 35.1 Å². The third kappa shape index (κ3) is 3.32. The van der Waals surface area contributed by atoms with E-state index in [-0.39, 0.29) is 11.2 Å². The molecule has 0 aliphatic heterocycles. The van der Waals surface area contributed by atoms with Gasteiger partial charge in [0.05, 0.1) is 10.6 Å². The van der Waals surface area contributed by atoms with E-state index in [4.69, 9.17) is 0 Å². The van der Waals surface area contributed by atoms with E-state index in [2.05, 4.69) is 48.4 Å². The smallest absolute Gasteiger partial charge is 0.183 e. The van der Waals surface area contributed by atoms with Crippen molar-refractivity contribution in [3.63, 3.8) is 0 Å². The van der Waals surface area contributed by atoms with Crippen molar-refractivity contribution >= 4 is 22.3 Å². The highest BCUT2D eigenvalue weighted by Crippen LogP contribution is 2.38. The summed E-state index contributed by atoms with van der Waals surface area (Å²) in [5.41, 5.74) is 2.33. The van der Waals surface area contributed by atoms with Crippen LogP contribution in [0.15, 0.2) is 30.3 Å². The summed E-state index contributed by atoms with van der Waals surface area (Å²) in [7, 11) is 0. The SMILES string of the molecule is CC1(C)CC(=O)c2sc(NCCc3ccccc3)nc2C1. The van der Waals surface area contributed by atoms with Gasteiger partial charge in [-0.05, 0) is 23.8 Å². The first-order valence-electron chi connectivity index (χ1n) is 7.34. The summed E-state index contributed by atoms with van der Waals surface area (Å²) < 4.78 is 0. The number of carbonyl (C=O) groups is 1. The quantitative estimate of drug-likeness (QED) is 0.929. The number of aromatic nitrogens is 1. The number of fused-ring (bicyclic) bond motifs is 1. The first-order valence-corrected chi connectivity index (χ1v) is 8.16. The van der Waals surface area contributed by atoms with Crippen LogP contribution >= 0.6 is 11.3 Å². The summed E-state index contributed by atoms with van der Waals surface area (Å²) in [6, 6.07) is 10.4. The maximum atomic E-state index is 12.2. The van der Waals surface area contributed by atoms with Crippen LogP contribution in [0.3, 0.4) is 0 Å². The molecule has 0 atom stereocenters. The van der Waals surface area contributed by atoms with Crippen LogP contribution in [0.1, 0.15) is 41.2 Å². The van der Waals surface area contributed by atoms with Gasteiger partial charge in [0.2, 0.25) is 0 Å². The fraction of sp³-hybridized carbons (Fsp3) is 0.412. The van der Waals surface area contributed by atoms with Gasteiger partial charge in [-0.1, -0.05) is 55.5 Å². The van der Waals surface area contributed by atoms with Gasteiger partial charge in [-0.15, -0.1) is 0 Å². The number of anilines is 1. The average Bonchev–Trinajstić information content (AvgIpc) is 2.81. The number of carbonyl (C=O) groups excluding carboxylic acids is 1. The summed E-state index contributed by atoms with van der Waals surface area (Å²) in [4.78, 5) is 17.6. The van der Waals surface area contributed by atoms with Crippen LogP contribution in [-0.4, -0.2) is 17.3 Å². The largest absolute Gasteiger partial charge is 0.361 e. The van der Waals surface area contributed by atoms with Gasteiger partial charge in [-0.3, -0.25) is 4.79 Å². The van der Waals surface area contributed by atoms with Crippen LogP contribution in [0.25, 0.3) is 0 Å². The van der Waals surface area contributed by atoms with Crippen molar-refractivity contribution < 1.29 is 4.79 Å². The molecule has 0 bridgehead atoms. The molecular weight excluding hydrogens is 280 g/mol. The Morgan fingerprint density at radius 3 is 2.76 bits per heavy atom. The minimum Gasteiger partial charge on any atom is -0.361 e. The first kappa shape index (κ1) is 14.3. The van der Waals surface area contributed by atoms with Crippen molar-refractivity contribution in [1.82, 2.24) is 4.98 Å². The number of thiazole rings is 1. The molecule has 1 heterocycles. The zero-order valence-electron chi connectivity index (χ0n) is 12.5. The van der Waals surface area contributed by atoms with Crippen molar-refractivity contribution in [2.45, 2.75) is 33.1 Å². The van der Waals surface area contributed by atoms with Gasteiger partial charge in [-0.25, -0.2) is 4.98 Å². The topological polar surface area (TPSA) is 42.0 Å².